The van der Waals surface area contributed by atoms with Crippen LogP contribution >= 0.6 is 0 Å². The van der Waals surface area contributed by atoms with Crippen molar-refractivity contribution in [3.8, 4) is 11.4 Å². The minimum atomic E-state index is -1.19. The number of Topliss-reactive ketones (excluding diaryl/α,β-unsaturated/α-hetero) is 1. The number of carbonyl (C=O) groups is 3. The number of aliphatic carboxylic acids is 1. The zero-order valence-electron chi connectivity index (χ0n) is 20.9. The van der Waals surface area contributed by atoms with E-state index in [1.165, 1.54) is 11.8 Å². The SMILES string of the molecule is Cc1nc(-c2ccc(C(C)(C)C)cc2)ncc1C(=O)C[C@@H](CNC(=O)OCc1ccccc1)C(=O)O. The Kier molecular flexibility index (Phi) is 8.53. The molecule has 0 aliphatic carbocycles. The molecule has 0 radical (unpaired) electrons. The summed E-state index contributed by atoms with van der Waals surface area (Å²) in [5.41, 5.74) is 3.56. The molecule has 3 aromatic rings. The van der Waals surface area contributed by atoms with E-state index in [4.69, 9.17) is 4.74 Å². The number of hydrogen-bond donors (Lipinski definition) is 2. The number of ether oxygens (including phenoxy) is 1. The third kappa shape index (κ3) is 7.21. The standard InChI is InChI=1S/C28H31N3O5/c1-18-23(16-29-25(31-18)20-10-12-22(13-11-20)28(2,3)4)24(32)14-21(26(33)34)15-30-27(35)36-17-19-8-6-5-7-9-19/h5-13,16,21H,14-15,17H2,1-4H3,(H,30,35)(H,33,34)/t21-/m0/s1. The zero-order chi connectivity index (χ0) is 26.3. The highest BCUT2D eigenvalue weighted by Gasteiger charge is 2.25. The fourth-order valence-electron chi connectivity index (χ4n) is 3.56. The molecule has 2 N–H and O–H groups in total. The van der Waals surface area contributed by atoms with Crippen LogP contribution in [0.3, 0.4) is 0 Å². The molecule has 3 rings (SSSR count). The van der Waals surface area contributed by atoms with Gasteiger partial charge in [-0.2, -0.15) is 0 Å². The number of nitrogens with zero attached hydrogens (tertiary/aromatic N) is 2. The summed E-state index contributed by atoms with van der Waals surface area (Å²) in [7, 11) is 0. The van der Waals surface area contributed by atoms with Crippen LogP contribution in [-0.4, -0.2) is 39.5 Å². The second kappa shape index (κ2) is 11.6. The molecule has 0 aliphatic heterocycles. The number of benzene rings is 2. The predicted molar refractivity (Wildman–Crippen MR) is 136 cm³/mol. The van der Waals surface area contributed by atoms with Gasteiger partial charge in [-0.3, -0.25) is 9.59 Å². The van der Waals surface area contributed by atoms with Gasteiger partial charge in [-0.05, 0) is 23.5 Å². The summed E-state index contributed by atoms with van der Waals surface area (Å²) in [5.74, 6) is -2.23. The lowest BCUT2D eigenvalue weighted by Crippen LogP contribution is -2.34. The number of alkyl carbamates (subject to hydrolysis) is 1. The average molecular weight is 490 g/mol. The molecule has 1 amide bonds. The monoisotopic (exact) mass is 489 g/mol. The maximum atomic E-state index is 12.9. The molecule has 0 unspecified atom stereocenters. The highest BCUT2D eigenvalue weighted by molar-refractivity contribution is 5.98. The Morgan fingerprint density at radius 1 is 1.03 bits per heavy atom. The Balaban J connectivity index is 1.60. The molecule has 188 valence electrons. The van der Waals surface area contributed by atoms with Gasteiger partial charge in [0.1, 0.15) is 6.61 Å². The number of hydrogen-bond acceptors (Lipinski definition) is 6. The number of rotatable bonds is 9. The summed E-state index contributed by atoms with van der Waals surface area (Å²) in [4.78, 5) is 45.3. The van der Waals surface area contributed by atoms with Crippen LogP contribution in [0.5, 0.6) is 0 Å². The quantitative estimate of drug-likeness (QED) is 0.408. The van der Waals surface area contributed by atoms with Crippen LogP contribution in [0.2, 0.25) is 0 Å². The van der Waals surface area contributed by atoms with E-state index < -0.39 is 23.8 Å². The molecule has 0 saturated carbocycles. The number of nitrogens with one attached hydrogen (secondary N) is 1. The van der Waals surface area contributed by atoms with Gasteiger partial charge in [0.15, 0.2) is 11.6 Å². The minimum Gasteiger partial charge on any atom is -0.481 e. The van der Waals surface area contributed by atoms with E-state index in [-0.39, 0.29) is 30.6 Å². The smallest absolute Gasteiger partial charge is 0.407 e. The van der Waals surface area contributed by atoms with Gasteiger partial charge < -0.3 is 15.2 Å². The number of carbonyl (C=O) groups excluding carboxylic acids is 2. The molecule has 1 aromatic heterocycles. The first-order chi connectivity index (χ1) is 17.0. The van der Waals surface area contributed by atoms with Gasteiger partial charge in [0, 0.05) is 24.7 Å². The Morgan fingerprint density at radius 2 is 1.69 bits per heavy atom. The molecule has 0 saturated heterocycles. The summed E-state index contributed by atoms with van der Waals surface area (Å²) in [5, 5.41) is 12.0. The van der Waals surface area contributed by atoms with Gasteiger partial charge >= 0.3 is 12.1 Å². The maximum absolute atomic E-state index is 12.9. The lowest BCUT2D eigenvalue weighted by atomic mass is 9.86. The lowest BCUT2D eigenvalue weighted by molar-refractivity contribution is -0.141. The largest absolute Gasteiger partial charge is 0.481 e. The summed E-state index contributed by atoms with van der Waals surface area (Å²) in [6, 6.07) is 17.1. The number of carboxylic acids is 1. The number of ketones is 1. The summed E-state index contributed by atoms with van der Waals surface area (Å²) < 4.78 is 5.10. The van der Waals surface area contributed by atoms with E-state index in [0.717, 1.165) is 11.1 Å². The summed E-state index contributed by atoms with van der Waals surface area (Å²) in [6.45, 7) is 7.92. The van der Waals surface area contributed by atoms with Crippen molar-refractivity contribution < 1.29 is 24.2 Å². The second-order valence-electron chi connectivity index (χ2n) is 9.63. The van der Waals surface area contributed by atoms with Crippen molar-refractivity contribution in [3.05, 3.63) is 83.2 Å². The molecule has 0 fully saturated rings. The number of aryl methyl sites for hydroxylation is 1. The maximum Gasteiger partial charge on any atom is 0.407 e. The van der Waals surface area contributed by atoms with Gasteiger partial charge in [0.05, 0.1) is 17.2 Å². The van der Waals surface area contributed by atoms with Crippen molar-refractivity contribution in [2.24, 2.45) is 5.92 Å². The molecule has 2 aromatic carbocycles. The topological polar surface area (TPSA) is 118 Å². The van der Waals surface area contributed by atoms with Gasteiger partial charge in [0.25, 0.3) is 0 Å². The van der Waals surface area contributed by atoms with Gasteiger partial charge in [-0.25, -0.2) is 14.8 Å². The fraction of sp³-hybridized carbons (Fsp3) is 0.321. The number of aromatic nitrogens is 2. The van der Waals surface area contributed by atoms with Crippen LogP contribution in [0.4, 0.5) is 4.79 Å². The van der Waals surface area contributed by atoms with Gasteiger partial charge in [-0.1, -0.05) is 75.4 Å². The van der Waals surface area contributed by atoms with Crippen LogP contribution in [0.1, 0.15) is 54.4 Å². The Morgan fingerprint density at radius 3 is 2.28 bits per heavy atom. The van der Waals surface area contributed by atoms with Crippen molar-refractivity contribution in [3.63, 3.8) is 0 Å². The Hall–Kier alpha value is -4.07. The normalized spacial score (nSPS) is 12.0. The van der Waals surface area contributed by atoms with Crippen molar-refractivity contribution in [1.82, 2.24) is 15.3 Å². The van der Waals surface area contributed by atoms with E-state index >= 15 is 0 Å². The zero-order valence-corrected chi connectivity index (χ0v) is 20.9. The Bertz CT molecular complexity index is 1220. The minimum absolute atomic E-state index is 0.0275. The first kappa shape index (κ1) is 26.5. The van der Waals surface area contributed by atoms with E-state index in [2.05, 4.69) is 36.1 Å². The van der Waals surface area contributed by atoms with E-state index in [1.54, 1.807) is 6.92 Å². The van der Waals surface area contributed by atoms with E-state index in [9.17, 15) is 19.5 Å². The van der Waals surface area contributed by atoms with Crippen molar-refractivity contribution >= 4 is 17.8 Å². The van der Waals surface area contributed by atoms with Crippen LogP contribution < -0.4 is 5.32 Å². The summed E-state index contributed by atoms with van der Waals surface area (Å²) in [6.07, 6.45) is 0.370. The third-order valence-corrected chi connectivity index (χ3v) is 5.78. The van der Waals surface area contributed by atoms with Crippen molar-refractivity contribution in [1.29, 1.82) is 0 Å². The molecule has 1 heterocycles. The van der Waals surface area contributed by atoms with E-state index in [0.29, 0.717) is 11.5 Å². The van der Waals surface area contributed by atoms with Crippen molar-refractivity contribution in [2.45, 2.75) is 46.1 Å². The first-order valence-corrected chi connectivity index (χ1v) is 11.7. The third-order valence-electron chi connectivity index (χ3n) is 5.78. The van der Waals surface area contributed by atoms with Crippen LogP contribution in [-0.2, 0) is 21.6 Å². The first-order valence-electron chi connectivity index (χ1n) is 11.7. The predicted octanol–water partition coefficient (Wildman–Crippen LogP) is 4.95. The van der Waals surface area contributed by atoms with Crippen LogP contribution in [0.15, 0.2) is 60.8 Å². The molecule has 0 spiro atoms. The second-order valence-corrected chi connectivity index (χ2v) is 9.63. The van der Waals surface area contributed by atoms with Gasteiger partial charge in [-0.15, -0.1) is 0 Å². The molecular formula is C28H31N3O5. The molecule has 8 heteroatoms. The molecule has 0 aliphatic rings. The number of carboxylic acid groups (broad SMARTS) is 1. The highest BCUT2D eigenvalue weighted by Crippen LogP contribution is 2.25. The average Bonchev–Trinajstić information content (AvgIpc) is 2.85. The van der Waals surface area contributed by atoms with Crippen LogP contribution in [0, 0.1) is 12.8 Å². The molecule has 1 atom stereocenters. The fourth-order valence-corrected chi connectivity index (χ4v) is 3.56. The van der Waals surface area contributed by atoms with Gasteiger partial charge in [0.2, 0.25) is 0 Å². The number of amides is 1. The van der Waals surface area contributed by atoms with Crippen LogP contribution in [0.25, 0.3) is 11.4 Å². The molecule has 0 bridgehead atoms. The van der Waals surface area contributed by atoms with E-state index in [1.807, 2.05) is 54.6 Å². The summed E-state index contributed by atoms with van der Waals surface area (Å²) >= 11 is 0. The molecule has 36 heavy (non-hydrogen) atoms. The molecule has 8 nitrogen and oxygen atoms in total. The molecular weight excluding hydrogens is 458 g/mol. The highest BCUT2D eigenvalue weighted by atomic mass is 16.5. The van der Waals surface area contributed by atoms with Crippen molar-refractivity contribution in [2.75, 3.05) is 6.54 Å². The lowest BCUT2D eigenvalue weighted by Gasteiger charge is -2.19. The Labute approximate surface area is 210 Å².